The molecule has 0 saturated heterocycles. The van der Waals surface area contributed by atoms with E-state index in [2.05, 4.69) is 10.4 Å². The maximum atomic E-state index is 12.0. The number of H-pyrrole nitrogens is 1. The van der Waals surface area contributed by atoms with Crippen LogP contribution in [0.2, 0.25) is 5.02 Å². The zero-order chi connectivity index (χ0) is 13.9. The smallest absolute Gasteiger partial charge is 0.273 e. The molecule has 4 nitrogen and oxygen atoms in total. The van der Waals surface area contributed by atoms with Crippen LogP contribution >= 0.6 is 11.6 Å². The van der Waals surface area contributed by atoms with Gasteiger partial charge >= 0.3 is 0 Å². The van der Waals surface area contributed by atoms with Gasteiger partial charge in [-0.3, -0.25) is 9.89 Å². The molecule has 0 amide bonds. The molecule has 5 heteroatoms. The number of hydrogen-bond donors (Lipinski definition) is 2. The van der Waals surface area contributed by atoms with Crippen molar-refractivity contribution < 1.29 is 0 Å². The maximum Gasteiger partial charge on any atom is 0.273 e. The van der Waals surface area contributed by atoms with Crippen molar-refractivity contribution in [2.75, 3.05) is 5.32 Å². The standard InChI is InChI=1S/C15H12ClN3O/c16-11-6-8-12(9-7-11)17-14-10-15(20)19(18-14)13-4-2-1-3-5-13/h1-10,17-18H. The minimum atomic E-state index is -0.118. The van der Waals surface area contributed by atoms with E-state index < -0.39 is 0 Å². The number of para-hydroxylation sites is 1. The molecule has 1 heterocycles. The van der Waals surface area contributed by atoms with Gasteiger partial charge in [-0.1, -0.05) is 29.8 Å². The minimum absolute atomic E-state index is 0.118. The lowest BCUT2D eigenvalue weighted by molar-refractivity contribution is 0.853. The third kappa shape index (κ3) is 2.60. The molecular weight excluding hydrogens is 274 g/mol. The first-order chi connectivity index (χ1) is 9.72. The molecule has 0 spiro atoms. The molecule has 0 aliphatic heterocycles. The van der Waals surface area contributed by atoms with E-state index in [-0.39, 0.29) is 5.56 Å². The van der Waals surface area contributed by atoms with Crippen LogP contribution in [0.25, 0.3) is 5.69 Å². The third-order valence-electron chi connectivity index (χ3n) is 2.86. The van der Waals surface area contributed by atoms with Crippen molar-refractivity contribution in [2.24, 2.45) is 0 Å². The molecule has 0 aliphatic carbocycles. The number of hydrogen-bond acceptors (Lipinski definition) is 2. The first kappa shape index (κ1) is 12.6. The fourth-order valence-corrected chi connectivity index (χ4v) is 2.04. The molecule has 0 saturated carbocycles. The van der Waals surface area contributed by atoms with Gasteiger partial charge in [0.15, 0.2) is 0 Å². The highest BCUT2D eigenvalue weighted by Gasteiger charge is 2.04. The van der Waals surface area contributed by atoms with Gasteiger partial charge in [-0.25, -0.2) is 4.68 Å². The summed E-state index contributed by atoms with van der Waals surface area (Å²) >= 11 is 5.83. The quantitative estimate of drug-likeness (QED) is 0.773. The normalized spacial score (nSPS) is 10.4. The Balaban J connectivity index is 1.89. The third-order valence-corrected chi connectivity index (χ3v) is 3.11. The van der Waals surface area contributed by atoms with Crippen molar-refractivity contribution in [1.82, 2.24) is 9.78 Å². The summed E-state index contributed by atoms with van der Waals surface area (Å²) in [6.07, 6.45) is 0. The molecule has 1 aromatic heterocycles. The van der Waals surface area contributed by atoms with Crippen molar-refractivity contribution in [3.05, 3.63) is 76.0 Å². The fourth-order valence-electron chi connectivity index (χ4n) is 1.92. The molecule has 0 aliphatic rings. The summed E-state index contributed by atoms with van der Waals surface area (Å²) in [5, 5.41) is 6.82. The van der Waals surface area contributed by atoms with E-state index in [1.165, 1.54) is 10.7 Å². The Morgan fingerprint density at radius 1 is 1.00 bits per heavy atom. The van der Waals surface area contributed by atoms with E-state index >= 15 is 0 Å². The van der Waals surface area contributed by atoms with Crippen LogP contribution in [0.1, 0.15) is 0 Å². The molecule has 0 fully saturated rings. The van der Waals surface area contributed by atoms with E-state index in [1.807, 2.05) is 42.5 Å². The first-order valence-corrected chi connectivity index (χ1v) is 6.50. The van der Waals surface area contributed by atoms with Crippen LogP contribution in [0.5, 0.6) is 0 Å². The molecule has 100 valence electrons. The molecular formula is C15H12ClN3O. The van der Waals surface area contributed by atoms with Crippen LogP contribution in [0.3, 0.4) is 0 Å². The van der Waals surface area contributed by atoms with E-state index in [4.69, 9.17) is 11.6 Å². The topological polar surface area (TPSA) is 49.8 Å². The summed E-state index contributed by atoms with van der Waals surface area (Å²) in [6.45, 7) is 0. The first-order valence-electron chi connectivity index (χ1n) is 6.12. The van der Waals surface area contributed by atoms with Gasteiger partial charge in [-0.05, 0) is 36.4 Å². The lowest BCUT2D eigenvalue weighted by Crippen LogP contribution is -2.12. The van der Waals surface area contributed by atoms with Gasteiger partial charge in [0.2, 0.25) is 0 Å². The van der Waals surface area contributed by atoms with Gasteiger partial charge < -0.3 is 5.32 Å². The highest BCUT2D eigenvalue weighted by molar-refractivity contribution is 6.30. The maximum absolute atomic E-state index is 12.0. The van der Waals surface area contributed by atoms with Crippen LogP contribution in [0.4, 0.5) is 11.5 Å². The molecule has 2 N–H and O–H groups in total. The second-order valence-corrected chi connectivity index (χ2v) is 4.75. The Morgan fingerprint density at radius 3 is 2.40 bits per heavy atom. The Labute approximate surface area is 120 Å². The zero-order valence-corrected chi connectivity index (χ0v) is 11.3. The summed E-state index contributed by atoms with van der Waals surface area (Å²) in [6, 6.07) is 18.2. The largest absolute Gasteiger partial charge is 0.341 e. The highest BCUT2D eigenvalue weighted by atomic mass is 35.5. The van der Waals surface area contributed by atoms with Gasteiger partial charge in [-0.2, -0.15) is 0 Å². The van der Waals surface area contributed by atoms with Gasteiger partial charge in [0.05, 0.1) is 5.69 Å². The fraction of sp³-hybridized carbons (Fsp3) is 0. The van der Waals surface area contributed by atoms with E-state index in [0.717, 1.165) is 11.4 Å². The van der Waals surface area contributed by atoms with Gasteiger partial charge in [0.1, 0.15) is 5.82 Å². The molecule has 3 rings (SSSR count). The lowest BCUT2D eigenvalue weighted by atomic mass is 10.3. The van der Waals surface area contributed by atoms with Crippen LogP contribution in [0.15, 0.2) is 65.5 Å². The Hall–Kier alpha value is -2.46. The Bertz CT molecular complexity index is 760. The van der Waals surface area contributed by atoms with E-state index in [1.54, 1.807) is 12.1 Å². The number of aromatic nitrogens is 2. The monoisotopic (exact) mass is 285 g/mol. The van der Waals surface area contributed by atoms with Crippen molar-refractivity contribution >= 4 is 23.1 Å². The van der Waals surface area contributed by atoms with Crippen molar-refractivity contribution in [3.63, 3.8) is 0 Å². The van der Waals surface area contributed by atoms with Gasteiger partial charge in [0.25, 0.3) is 5.56 Å². The van der Waals surface area contributed by atoms with Crippen LogP contribution in [0, 0.1) is 0 Å². The van der Waals surface area contributed by atoms with Crippen molar-refractivity contribution in [1.29, 1.82) is 0 Å². The number of halogens is 1. The molecule has 0 radical (unpaired) electrons. The second kappa shape index (κ2) is 5.27. The number of nitrogens with zero attached hydrogens (tertiary/aromatic N) is 1. The second-order valence-electron chi connectivity index (χ2n) is 4.31. The van der Waals surface area contributed by atoms with Crippen LogP contribution in [-0.4, -0.2) is 9.78 Å². The molecule has 0 unspecified atom stereocenters. The molecule has 2 aromatic carbocycles. The van der Waals surface area contributed by atoms with Crippen molar-refractivity contribution in [3.8, 4) is 5.69 Å². The lowest BCUT2D eigenvalue weighted by Gasteiger charge is -2.04. The molecule has 20 heavy (non-hydrogen) atoms. The van der Waals surface area contributed by atoms with Crippen LogP contribution < -0.4 is 10.9 Å². The average Bonchev–Trinajstić information content (AvgIpc) is 2.83. The van der Waals surface area contributed by atoms with Crippen LogP contribution in [-0.2, 0) is 0 Å². The molecule has 0 atom stereocenters. The number of rotatable bonds is 3. The zero-order valence-electron chi connectivity index (χ0n) is 10.5. The highest BCUT2D eigenvalue weighted by Crippen LogP contribution is 2.17. The van der Waals surface area contributed by atoms with Crippen molar-refractivity contribution in [2.45, 2.75) is 0 Å². The summed E-state index contributed by atoms with van der Waals surface area (Å²) in [5.41, 5.74) is 1.53. The Morgan fingerprint density at radius 2 is 1.70 bits per heavy atom. The molecule has 0 bridgehead atoms. The number of aromatic amines is 1. The van der Waals surface area contributed by atoms with E-state index in [9.17, 15) is 4.79 Å². The number of benzene rings is 2. The molecule has 3 aromatic rings. The summed E-state index contributed by atoms with van der Waals surface area (Å²) in [5.74, 6) is 0.626. The van der Waals surface area contributed by atoms with E-state index in [0.29, 0.717) is 10.8 Å². The van der Waals surface area contributed by atoms with Gasteiger partial charge in [0, 0.05) is 16.8 Å². The Kier molecular flexibility index (Phi) is 3.31. The SMILES string of the molecule is O=c1cc(Nc2ccc(Cl)cc2)[nH]n1-c1ccccc1. The predicted molar refractivity (Wildman–Crippen MR) is 81.1 cm³/mol. The summed E-state index contributed by atoms with van der Waals surface area (Å²) < 4.78 is 1.48. The number of anilines is 2. The predicted octanol–water partition coefficient (Wildman–Crippen LogP) is 3.56. The van der Waals surface area contributed by atoms with Gasteiger partial charge in [-0.15, -0.1) is 0 Å². The summed E-state index contributed by atoms with van der Waals surface area (Å²) in [4.78, 5) is 12.0. The number of nitrogens with one attached hydrogen (secondary N) is 2. The minimum Gasteiger partial charge on any atom is -0.341 e. The average molecular weight is 286 g/mol. The summed E-state index contributed by atoms with van der Waals surface area (Å²) in [7, 11) is 0.